The van der Waals surface area contributed by atoms with Crippen molar-refractivity contribution in [2.75, 3.05) is 11.4 Å². The Morgan fingerprint density at radius 1 is 1.21 bits per heavy atom. The zero-order valence-electron chi connectivity index (χ0n) is 7.37. The molecular formula is C10H8ClNO2. The molecule has 0 aliphatic carbocycles. The summed E-state index contributed by atoms with van der Waals surface area (Å²) in [6.45, 7) is 0.141. The molecule has 0 spiro atoms. The maximum atomic E-state index is 11.4. The molecule has 0 atom stereocenters. The Kier molecular flexibility index (Phi) is 2.25. The lowest BCUT2D eigenvalue weighted by molar-refractivity contribution is -0.121. The van der Waals surface area contributed by atoms with E-state index in [9.17, 15) is 9.59 Å². The molecule has 0 radical (unpaired) electrons. The Balaban J connectivity index is 2.36. The van der Waals surface area contributed by atoms with Gasteiger partial charge < -0.3 is 4.90 Å². The quantitative estimate of drug-likeness (QED) is 0.660. The van der Waals surface area contributed by atoms with Gasteiger partial charge in [-0.05, 0) is 12.1 Å². The van der Waals surface area contributed by atoms with Crippen LogP contribution < -0.4 is 4.90 Å². The second-order valence-electron chi connectivity index (χ2n) is 3.15. The van der Waals surface area contributed by atoms with E-state index < -0.39 is 0 Å². The average molecular weight is 210 g/mol. The predicted molar refractivity (Wildman–Crippen MR) is 53.4 cm³/mol. The lowest BCUT2D eigenvalue weighted by Gasteiger charge is -2.15. The highest BCUT2D eigenvalue weighted by Gasteiger charge is 2.29. The molecule has 0 aromatic heterocycles. The molecule has 72 valence electrons. The van der Waals surface area contributed by atoms with Crippen LogP contribution >= 0.6 is 11.6 Å². The molecule has 0 unspecified atom stereocenters. The van der Waals surface area contributed by atoms with Gasteiger partial charge in [0.2, 0.25) is 5.91 Å². The first kappa shape index (κ1) is 9.21. The van der Waals surface area contributed by atoms with Crippen molar-refractivity contribution in [3.8, 4) is 0 Å². The number of hydrogen-bond acceptors (Lipinski definition) is 2. The molecule has 3 nitrogen and oxygen atoms in total. The summed E-state index contributed by atoms with van der Waals surface area (Å²) in [5, 5.41) is 0.496. The van der Waals surface area contributed by atoms with Gasteiger partial charge in [-0.15, -0.1) is 0 Å². The van der Waals surface area contributed by atoms with E-state index in [0.29, 0.717) is 10.7 Å². The van der Waals surface area contributed by atoms with Crippen molar-refractivity contribution in [1.82, 2.24) is 0 Å². The van der Waals surface area contributed by atoms with E-state index in [1.54, 1.807) is 24.3 Å². The van der Waals surface area contributed by atoms with Crippen LogP contribution in [0.3, 0.4) is 0 Å². The average Bonchev–Trinajstić information content (AvgIpc) is 2.46. The monoisotopic (exact) mass is 209 g/mol. The van der Waals surface area contributed by atoms with E-state index in [2.05, 4.69) is 0 Å². The van der Waals surface area contributed by atoms with Crippen LogP contribution in [-0.4, -0.2) is 18.2 Å². The first-order valence-corrected chi connectivity index (χ1v) is 4.63. The molecule has 0 bridgehead atoms. The Labute approximate surface area is 86.3 Å². The largest absolute Gasteiger partial charge is 0.303 e. The molecule has 2 rings (SSSR count). The summed E-state index contributed by atoms with van der Waals surface area (Å²) in [6.07, 6.45) is -0.00871. The number of anilines is 1. The fraction of sp³-hybridized carbons (Fsp3) is 0.200. The SMILES string of the molecule is O=C1CC(=O)N(c2ccccc2Cl)C1. The highest BCUT2D eigenvalue weighted by atomic mass is 35.5. The number of carbonyl (C=O) groups excluding carboxylic acids is 2. The Morgan fingerprint density at radius 3 is 2.50 bits per heavy atom. The smallest absolute Gasteiger partial charge is 0.234 e. The fourth-order valence-corrected chi connectivity index (χ4v) is 1.71. The molecular weight excluding hydrogens is 202 g/mol. The number of carbonyl (C=O) groups is 2. The number of nitrogens with zero attached hydrogens (tertiary/aromatic N) is 1. The van der Waals surface area contributed by atoms with Crippen molar-refractivity contribution < 1.29 is 9.59 Å². The van der Waals surface area contributed by atoms with Crippen molar-refractivity contribution in [3.05, 3.63) is 29.3 Å². The molecule has 1 amide bonds. The predicted octanol–water partition coefficient (Wildman–Crippen LogP) is 1.65. The van der Waals surface area contributed by atoms with Crippen LogP contribution in [0.1, 0.15) is 6.42 Å². The Morgan fingerprint density at radius 2 is 1.93 bits per heavy atom. The van der Waals surface area contributed by atoms with Crippen LogP contribution in [0.25, 0.3) is 0 Å². The van der Waals surface area contributed by atoms with Gasteiger partial charge in [-0.2, -0.15) is 0 Å². The maximum Gasteiger partial charge on any atom is 0.234 e. The molecule has 0 N–H and O–H groups in total. The van der Waals surface area contributed by atoms with Gasteiger partial charge in [-0.1, -0.05) is 23.7 Å². The summed E-state index contributed by atoms with van der Waals surface area (Å²) in [7, 11) is 0. The fourth-order valence-electron chi connectivity index (χ4n) is 1.47. The van der Waals surface area contributed by atoms with Crippen LogP contribution in [0, 0.1) is 0 Å². The molecule has 1 aromatic rings. The molecule has 1 aromatic carbocycles. The van der Waals surface area contributed by atoms with E-state index in [1.807, 2.05) is 0 Å². The van der Waals surface area contributed by atoms with Crippen molar-refractivity contribution >= 4 is 29.0 Å². The van der Waals surface area contributed by atoms with Crippen LogP contribution in [0.15, 0.2) is 24.3 Å². The summed E-state index contributed by atoms with van der Waals surface area (Å²) in [5.74, 6) is -0.238. The molecule has 1 fully saturated rings. The number of Topliss-reactive ketones (excluding diaryl/α,β-unsaturated/α-hetero) is 1. The Hall–Kier alpha value is -1.35. The van der Waals surface area contributed by atoms with Gasteiger partial charge in [0, 0.05) is 0 Å². The van der Waals surface area contributed by atoms with Gasteiger partial charge >= 0.3 is 0 Å². The van der Waals surface area contributed by atoms with Gasteiger partial charge in [0.1, 0.15) is 0 Å². The van der Waals surface area contributed by atoms with Gasteiger partial charge in [0.05, 0.1) is 23.7 Å². The highest BCUT2D eigenvalue weighted by molar-refractivity contribution is 6.34. The van der Waals surface area contributed by atoms with E-state index in [1.165, 1.54) is 4.90 Å². The molecule has 1 heterocycles. The van der Waals surface area contributed by atoms with Crippen LogP contribution in [0.4, 0.5) is 5.69 Å². The lowest BCUT2D eigenvalue weighted by Crippen LogP contribution is -2.24. The molecule has 1 aliphatic heterocycles. The summed E-state index contributed by atoms with van der Waals surface area (Å²) in [5.41, 5.74) is 0.616. The molecule has 1 saturated heterocycles. The van der Waals surface area contributed by atoms with Crippen molar-refractivity contribution in [1.29, 1.82) is 0 Å². The first-order valence-electron chi connectivity index (χ1n) is 4.25. The second-order valence-corrected chi connectivity index (χ2v) is 3.55. The van der Waals surface area contributed by atoms with Crippen molar-refractivity contribution in [2.45, 2.75) is 6.42 Å². The summed E-state index contributed by atoms with van der Waals surface area (Å²) in [6, 6.07) is 7.01. The van der Waals surface area contributed by atoms with E-state index in [4.69, 9.17) is 11.6 Å². The normalized spacial score (nSPS) is 16.5. The summed E-state index contributed by atoms with van der Waals surface area (Å²) in [4.78, 5) is 23.8. The van der Waals surface area contributed by atoms with Crippen LogP contribution in [0.5, 0.6) is 0 Å². The minimum atomic E-state index is -0.178. The molecule has 0 saturated carbocycles. The molecule has 1 aliphatic rings. The minimum Gasteiger partial charge on any atom is -0.303 e. The number of ketones is 1. The third kappa shape index (κ3) is 1.51. The Bertz CT molecular complexity index is 403. The maximum absolute atomic E-state index is 11.4. The number of rotatable bonds is 1. The van der Waals surface area contributed by atoms with E-state index >= 15 is 0 Å². The number of benzene rings is 1. The van der Waals surface area contributed by atoms with Gasteiger partial charge in [0.15, 0.2) is 5.78 Å². The third-order valence-corrected chi connectivity index (χ3v) is 2.45. The third-order valence-electron chi connectivity index (χ3n) is 2.13. The standard InChI is InChI=1S/C10H8ClNO2/c11-8-3-1-2-4-9(8)12-6-7(13)5-10(12)14/h1-4H,5-6H2. The summed E-state index contributed by atoms with van der Waals surface area (Å²) >= 11 is 5.91. The minimum absolute atomic E-state index is 0.00871. The van der Waals surface area contributed by atoms with Crippen molar-refractivity contribution in [3.63, 3.8) is 0 Å². The first-order chi connectivity index (χ1) is 6.68. The van der Waals surface area contributed by atoms with Crippen LogP contribution in [-0.2, 0) is 9.59 Å². The van der Waals surface area contributed by atoms with Gasteiger partial charge in [0.25, 0.3) is 0 Å². The lowest BCUT2D eigenvalue weighted by atomic mass is 10.3. The zero-order valence-corrected chi connectivity index (χ0v) is 8.12. The number of hydrogen-bond donors (Lipinski definition) is 0. The molecule has 4 heteroatoms. The van der Waals surface area contributed by atoms with E-state index in [-0.39, 0.29) is 24.7 Å². The number of halogens is 1. The van der Waals surface area contributed by atoms with Gasteiger partial charge in [-0.3, -0.25) is 9.59 Å². The second kappa shape index (κ2) is 3.42. The number of amides is 1. The van der Waals surface area contributed by atoms with E-state index in [0.717, 1.165) is 0 Å². The van der Waals surface area contributed by atoms with Crippen molar-refractivity contribution in [2.24, 2.45) is 0 Å². The van der Waals surface area contributed by atoms with Crippen LogP contribution in [0.2, 0.25) is 5.02 Å². The topological polar surface area (TPSA) is 37.4 Å². The zero-order chi connectivity index (χ0) is 10.1. The molecule has 14 heavy (non-hydrogen) atoms. The van der Waals surface area contributed by atoms with Gasteiger partial charge in [-0.25, -0.2) is 0 Å². The highest BCUT2D eigenvalue weighted by Crippen LogP contribution is 2.27. The number of para-hydroxylation sites is 1. The summed E-state index contributed by atoms with van der Waals surface area (Å²) < 4.78 is 0.